The molecule has 0 radical (unpaired) electrons. The minimum atomic E-state index is -0.336. The van der Waals surface area contributed by atoms with Gasteiger partial charge in [-0.1, -0.05) is 18.2 Å². The first kappa shape index (κ1) is 12.2. The van der Waals surface area contributed by atoms with Crippen LogP contribution in [0.1, 0.15) is 0 Å². The topological polar surface area (TPSA) is 52.7 Å². The molecule has 5 heteroatoms. The van der Waals surface area contributed by atoms with E-state index >= 15 is 0 Å². The summed E-state index contributed by atoms with van der Waals surface area (Å²) in [5.74, 6) is -0.103. The molecule has 3 aromatic rings. The Morgan fingerprint density at radius 1 is 0.850 bits per heavy atom. The van der Waals surface area contributed by atoms with Crippen LogP contribution in [-0.4, -0.2) is 10.2 Å². The maximum atomic E-state index is 12.9. The SMILES string of the molecule is [O-][n+]1cc(-c2ccc(F)cc2)nnc1-c1ccccc1. The van der Waals surface area contributed by atoms with Crippen LogP contribution in [-0.2, 0) is 0 Å². The Hall–Kier alpha value is -2.82. The molecule has 20 heavy (non-hydrogen) atoms. The molecule has 0 saturated heterocycles. The van der Waals surface area contributed by atoms with Crippen molar-refractivity contribution in [1.82, 2.24) is 10.2 Å². The van der Waals surface area contributed by atoms with Gasteiger partial charge in [0.05, 0.1) is 10.7 Å². The van der Waals surface area contributed by atoms with Crippen molar-refractivity contribution < 1.29 is 9.12 Å². The van der Waals surface area contributed by atoms with E-state index in [4.69, 9.17) is 0 Å². The van der Waals surface area contributed by atoms with E-state index in [1.54, 1.807) is 24.3 Å². The minimum absolute atomic E-state index is 0.233. The molecule has 0 unspecified atom stereocenters. The number of hydrogen-bond acceptors (Lipinski definition) is 3. The van der Waals surface area contributed by atoms with Crippen LogP contribution >= 0.6 is 0 Å². The van der Waals surface area contributed by atoms with Gasteiger partial charge in [-0.15, -0.1) is 0 Å². The molecule has 98 valence electrons. The Bertz CT molecular complexity index is 730. The normalized spacial score (nSPS) is 10.4. The fourth-order valence-corrected chi connectivity index (χ4v) is 1.87. The molecule has 0 amide bonds. The van der Waals surface area contributed by atoms with Crippen LogP contribution in [0.3, 0.4) is 0 Å². The number of nitrogens with zero attached hydrogens (tertiary/aromatic N) is 3. The Kier molecular flexibility index (Phi) is 3.09. The largest absolute Gasteiger partial charge is 0.710 e. The zero-order valence-electron chi connectivity index (χ0n) is 10.4. The third kappa shape index (κ3) is 2.33. The monoisotopic (exact) mass is 267 g/mol. The summed E-state index contributed by atoms with van der Waals surface area (Å²) in [7, 11) is 0. The number of halogens is 1. The Morgan fingerprint density at radius 3 is 2.20 bits per heavy atom. The summed E-state index contributed by atoms with van der Waals surface area (Å²) in [4.78, 5) is 0. The van der Waals surface area contributed by atoms with E-state index in [0.29, 0.717) is 21.6 Å². The minimum Gasteiger partial charge on any atom is -0.710 e. The second-order valence-electron chi connectivity index (χ2n) is 4.24. The molecule has 1 aromatic heterocycles. The van der Waals surface area contributed by atoms with Gasteiger partial charge in [0.2, 0.25) is 0 Å². The third-order valence-electron chi connectivity index (χ3n) is 2.87. The summed E-state index contributed by atoms with van der Waals surface area (Å²) in [6.07, 6.45) is 1.34. The smallest absolute Gasteiger partial charge is 0.360 e. The number of benzene rings is 2. The molecule has 0 spiro atoms. The molecular formula is C15H10FN3O. The molecule has 1 heterocycles. The van der Waals surface area contributed by atoms with Crippen molar-refractivity contribution in [1.29, 1.82) is 0 Å². The average molecular weight is 267 g/mol. The van der Waals surface area contributed by atoms with Gasteiger partial charge >= 0.3 is 5.82 Å². The van der Waals surface area contributed by atoms with Crippen molar-refractivity contribution in [3.05, 3.63) is 71.8 Å². The summed E-state index contributed by atoms with van der Waals surface area (Å²) < 4.78 is 13.5. The Morgan fingerprint density at radius 2 is 1.55 bits per heavy atom. The highest BCUT2D eigenvalue weighted by Gasteiger charge is 2.14. The van der Waals surface area contributed by atoms with E-state index in [2.05, 4.69) is 10.2 Å². The summed E-state index contributed by atoms with van der Waals surface area (Å²) in [5.41, 5.74) is 1.74. The van der Waals surface area contributed by atoms with Crippen molar-refractivity contribution in [2.75, 3.05) is 0 Å². The van der Waals surface area contributed by atoms with Gasteiger partial charge in [-0.25, -0.2) is 9.12 Å². The summed E-state index contributed by atoms with van der Waals surface area (Å²) in [5, 5.41) is 20.0. The van der Waals surface area contributed by atoms with Gasteiger partial charge in [0.1, 0.15) is 12.0 Å². The van der Waals surface area contributed by atoms with Crippen molar-refractivity contribution >= 4 is 0 Å². The van der Waals surface area contributed by atoms with E-state index < -0.39 is 0 Å². The highest BCUT2D eigenvalue weighted by molar-refractivity contribution is 5.58. The first-order valence-electron chi connectivity index (χ1n) is 6.02. The second kappa shape index (κ2) is 5.05. The molecule has 3 rings (SSSR count). The van der Waals surface area contributed by atoms with Crippen LogP contribution < -0.4 is 4.73 Å². The highest BCUT2D eigenvalue weighted by Crippen LogP contribution is 2.17. The maximum absolute atomic E-state index is 12.9. The average Bonchev–Trinajstić information content (AvgIpc) is 2.49. The summed E-state index contributed by atoms with van der Waals surface area (Å²) >= 11 is 0. The first-order chi connectivity index (χ1) is 9.74. The molecular weight excluding hydrogens is 257 g/mol. The van der Waals surface area contributed by atoms with Gasteiger partial charge in [-0.2, -0.15) is 0 Å². The van der Waals surface area contributed by atoms with Crippen LogP contribution in [0.15, 0.2) is 60.8 Å². The second-order valence-corrected chi connectivity index (χ2v) is 4.24. The lowest BCUT2D eigenvalue weighted by Gasteiger charge is -2.06. The standard InChI is InChI=1S/C15H10FN3O/c16-13-8-6-11(7-9-13)14-10-19(20)15(18-17-14)12-4-2-1-3-5-12/h1-10H. The van der Waals surface area contributed by atoms with Crippen LogP contribution in [0.2, 0.25) is 0 Å². The molecule has 0 atom stereocenters. The lowest BCUT2D eigenvalue weighted by atomic mass is 10.1. The summed E-state index contributed by atoms with van der Waals surface area (Å²) in [6.45, 7) is 0. The van der Waals surface area contributed by atoms with Crippen molar-refractivity contribution in [2.24, 2.45) is 0 Å². The fraction of sp³-hybridized carbons (Fsp3) is 0. The predicted octanol–water partition coefficient (Wildman–Crippen LogP) is 2.58. The number of aromatic nitrogens is 3. The van der Waals surface area contributed by atoms with E-state index in [1.165, 1.54) is 18.3 Å². The quantitative estimate of drug-likeness (QED) is 0.529. The molecule has 0 N–H and O–H groups in total. The van der Waals surface area contributed by atoms with Crippen LogP contribution in [0.25, 0.3) is 22.6 Å². The van der Waals surface area contributed by atoms with Crippen molar-refractivity contribution in [3.8, 4) is 22.6 Å². The molecule has 0 saturated carbocycles. The van der Waals surface area contributed by atoms with E-state index in [1.807, 2.05) is 18.2 Å². The molecule has 0 fully saturated rings. The summed E-state index contributed by atoms with van der Waals surface area (Å²) in [6, 6.07) is 14.8. The zero-order chi connectivity index (χ0) is 13.9. The fourth-order valence-electron chi connectivity index (χ4n) is 1.87. The lowest BCUT2D eigenvalue weighted by molar-refractivity contribution is -0.596. The van der Waals surface area contributed by atoms with E-state index in [0.717, 1.165) is 0 Å². The third-order valence-corrected chi connectivity index (χ3v) is 2.87. The van der Waals surface area contributed by atoms with Gasteiger partial charge < -0.3 is 5.21 Å². The Labute approximate surface area is 114 Å². The van der Waals surface area contributed by atoms with Crippen molar-refractivity contribution in [2.45, 2.75) is 0 Å². The first-order valence-corrected chi connectivity index (χ1v) is 6.02. The zero-order valence-corrected chi connectivity index (χ0v) is 10.4. The van der Waals surface area contributed by atoms with Gasteiger partial charge in [0, 0.05) is 5.56 Å². The molecule has 2 aromatic carbocycles. The maximum Gasteiger partial charge on any atom is 0.360 e. The van der Waals surface area contributed by atoms with Crippen LogP contribution in [0, 0.1) is 11.0 Å². The number of rotatable bonds is 2. The van der Waals surface area contributed by atoms with Gasteiger partial charge in [-0.05, 0) is 41.5 Å². The Balaban J connectivity index is 2.01. The van der Waals surface area contributed by atoms with Gasteiger partial charge in [-0.3, -0.25) is 0 Å². The molecule has 0 aliphatic carbocycles. The molecule has 0 aliphatic heterocycles. The predicted molar refractivity (Wildman–Crippen MR) is 71.8 cm³/mol. The van der Waals surface area contributed by atoms with Gasteiger partial charge in [0.25, 0.3) is 0 Å². The lowest BCUT2D eigenvalue weighted by Crippen LogP contribution is -2.31. The van der Waals surface area contributed by atoms with Crippen LogP contribution in [0.4, 0.5) is 4.39 Å². The molecule has 0 aliphatic rings. The number of hydrogen-bond donors (Lipinski definition) is 0. The van der Waals surface area contributed by atoms with Gasteiger partial charge in [0.15, 0.2) is 5.69 Å². The van der Waals surface area contributed by atoms with E-state index in [-0.39, 0.29) is 11.6 Å². The molecule has 4 nitrogen and oxygen atoms in total. The van der Waals surface area contributed by atoms with Crippen LogP contribution in [0.5, 0.6) is 0 Å². The molecule has 0 bridgehead atoms. The highest BCUT2D eigenvalue weighted by atomic mass is 19.1. The van der Waals surface area contributed by atoms with Crippen molar-refractivity contribution in [3.63, 3.8) is 0 Å². The van der Waals surface area contributed by atoms with E-state index in [9.17, 15) is 9.60 Å².